The molecule has 1 aliphatic rings. The van der Waals surface area contributed by atoms with E-state index >= 15 is 0 Å². The first-order chi connectivity index (χ1) is 12.2. The van der Waals surface area contributed by atoms with E-state index in [9.17, 15) is 4.21 Å². The number of piperidine rings is 1. The molecule has 26 heavy (non-hydrogen) atoms. The molecule has 0 aliphatic carbocycles. The van der Waals surface area contributed by atoms with Crippen molar-refractivity contribution in [3.63, 3.8) is 0 Å². The summed E-state index contributed by atoms with van der Waals surface area (Å²) in [4.78, 5) is 0. The minimum absolute atomic E-state index is 0.0104. The molecule has 2 rings (SSSR count). The largest absolute Gasteiger partial charge is 0.489 e. The van der Waals surface area contributed by atoms with Crippen LogP contribution in [0.1, 0.15) is 56.3 Å². The van der Waals surface area contributed by atoms with Gasteiger partial charge in [0.2, 0.25) is 0 Å². The fourth-order valence-electron chi connectivity index (χ4n) is 3.21. The molecule has 1 aromatic carbocycles. The van der Waals surface area contributed by atoms with Crippen molar-refractivity contribution in [2.45, 2.75) is 58.2 Å². The lowest BCUT2D eigenvalue weighted by Gasteiger charge is -2.34. The van der Waals surface area contributed by atoms with Crippen LogP contribution in [0.15, 0.2) is 24.8 Å². The Morgan fingerprint density at radius 3 is 2.50 bits per heavy atom. The molecule has 0 bridgehead atoms. The molecule has 0 aromatic heterocycles. The van der Waals surface area contributed by atoms with Crippen molar-refractivity contribution in [3.05, 3.63) is 41.5 Å². The van der Waals surface area contributed by atoms with E-state index in [1.54, 1.807) is 6.08 Å². The highest BCUT2D eigenvalue weighted by Crippen LogP contribution is 2.37. The van der Waals surface area contributed by atoms with Crippen LogP contribution in [0.2, 0.25) is 0 Å². The Hall–Kier alpha value is -1.17. The quantitative estimate of drug-likeness (QED) is 0.706. The average Bonchev–Trinajstić information content (AvgIpc) is 2.60. The molecule has 5 heteroatoms. The highest BCUT2D eigenvalue weighted by atomic mass is 32.2. The first-order valence-corrected chi connectivity index (χ1v) is 10.6. The van der Waals surface area contributed by atoms with Gasteiger partial charge in [0.15, 0.2) is 0 Å². The number of nitrogens with one attached hydrogen (secondary N) is 2. The highest BCUT2D eigenvalue weighted by Gasteiger charge is 2.32. The zero-order valence-corrected chi connectivity index (χ0v) is 17.7. The summed E-state index contributed by atoms with van der Waals surface area (Å²) < 4.78 is 22.0. The predicted octanol–water partition coefficient (Wildman–Crippen LogP) is 3.96. The topological polar surface area (TPSA) is 50.4 Å². The molecule has 2 unspecified atom stereocenters. The van der Waals surface area contributed by atoms with Crippen molar-refractivity contribution in [1.82, 2.24) is 10.0 Å². The van der Waals surface area contributed by atoms with Gasteiger partial charge in [0.1, 0.15) is 12.4 Å². The van der Waals surface area contributed by atoms with Crippen LogP contribution in [0.3, 0.4) is 0 Å². The molecule has 1 fully saturated rings. The molecule has 4 nitrogen and oxygen atoms in total. The van der Waals surface area contributed by atoms with Crippen molar-refractivity contribution in [2.75, 3.05) is 19.7 Å². The van der Waals surface area contributed by atoms with Crippen molar-refractivity contribution < 1.29 is 8.95 Å². The number of aryl methyl sites for hydroxylation is 2. The van der Waals surface area contributed by atoms with Gasteiger partial charge in [0, 0.05) is 5.56 Å². The highest BCUT2D eigenvalue weighted by molar-refractivity contribution is 7.84. The number of benzene rings is 1. The molecular formula is C21H34N2O2S. The molecule has 1 heterocycles. The second-order valence-corrected chi connectivity index (χ2v) is 10.1. The Bertz CT molecular complexity index is 646. The lowest BCUT2D eigenvalue weighted by atomic mass is 9.85. The summed E-state index contributed by atoms with van der Waals surface area (Å²) in [7, 11) is -1.14. The SMILES string of the molecule is C=CCOc1cc(C)c(C)cc1C(NS(=O)C(C)(C)C)C1CCNCC1. The van der Waals surface area contributed by atoms with E-state index in [2.05, 4.69) is 42.6 Å². The van der Waals surface area contributed by atoms with Gasteiger partial charge < -0.3 is 10.1 Å². The van der Waals surface area contributed by atoms with Gasteiger partial charge in [-0.1, -0.05) is 18.7 Å². The molecule has 0 amide bonds. The third-order valence-corrected chi connectivity index (χ3v) is 6.54. The normalized spacial score (nSPS) is 18.3. The van der Waals surface area contributed by atoms with E-state index in [0.717, 1.165) is 37.2 Å². The Kier molecular flexibility index (Phi) is 7.44. The van der Waals surface area contributed by atoms with E-state index in [1.165, 1.54) is 11.1 Å². The van der Waals surface area contributed by atoms with E-state index in [4.69, 9.17) is 4.74 Å². The number of rotatable bonds is 7. The molecule has 1 aliphatic heterocycles. The summed E-state index contributed by atoms with van der Waals surface area (Å²) in [5, 5.41) is 3.43. The molecule has 0 saturated carbocycles. The zero-order valence-electron chi connectivity index (χ0n) is 16.9. The maximum absolute atomic E-state index is 12.9. The lowest BCUT2D eigenvalue weighted by molar-refractivity contribution is 0.295. The van der Waals surface area contributed by atoms with Crippen LogP contribution in [0.4, 0.5) is 0 Å². The van der Waals surface area contributed by atoms with Gasteiger partial charge in [-0.3, -0.25) is 0 Å². The second kappa shape index (κ2) is 9.16. The van der Waals surface area contributed by atoms with E-state index < -0.39 is 11.0 Å². The summed E-state index contributed by atoms with van der Waals surface area (Å²) in [5.41, 5.74) is 3.54. The van der Waals surface area contributed by atoms with Gasteiger partial charge in [-0.15, -0.1) is 0 Å². The summed E-state index contributed by atoms with van der Waals surface area (Å²) in [6, 6.07) is 4.31. The van der Waals surface area contributed by atoms with Crippen LogP contribution in [0.25, 0.3) is 0 Å². The Morgan fingerprint density at radius 1 is 1.31 bits per heavy atom. The minimum atomic E-state index is -1.14. The van der Waals surface area contributed by atoms with Crippen LogP contribution in [-0.4, -0.2) is 28.7 Å². The maximum atomic E-state index is 12.9. The van der Waals surface area contributed by atoms with Gasteiger partial charge in [-0.2, -0.15) is 0 Å². The van der Waals surface area contributed by atoms with Crippen molar-refractivity contribution in [1.29, 1.82) is 0 Å². The summed E-state index contributed by atoms with van der Waals surface area (Å²) in [6.45, 7) is 16.5. The van der Waals surface area contributed by atoms with Gasteiger partial charge in [-0.25, -0.2) is 8.93 Å². The summed E-state index contributed by atoms with van der Waals surface area (Å²) in [6.07, 6.45) is 3.89. The minimum Gasteiger partial charge on any atom is -0.489 e. The molecule has 1 aromatic rings. The van der Waals surface area contributed by atoms with Crippen LogP contribution < -0.4 is 14.8 Å². The van der Waals surface area contributed by atoms with Crippen LogP contribution in [0, 0.1) is 19.8 Å². The van der Waals surface area contributed by atoms with Gasteiger partial charge in [-0.05, 0) is 83.7 Å². The fraction of sp³-hybridized carbons (Fsp3) is 0.619. The van der Waals surface area contributed by atoms with E-state index in [1.807, 2.05) is 20.8 Å². The van der Waals surface area contributed by atoms with Gasteiger partial charge in [0.25, 0.3) is 0 Å². The summed E-state index contributed by atoms with van der Waals surface area (Å²) >= 11 is 0. The van der Waals surface area contributed by atoms with Crippen LogP contribution in [0.5, 0.6) is 5.75 Å². The number of hydrogen-bond donors (Lipinski definition) is 2. The van der Waals surface area contributed by atoms with Gasteiger partial charge >= 0.3 is 0 Å². The fourth-order valence-corrected chi connectivity index (χ4v) is 4.12. The summed E-state index contributed by atoms with van der Waals surface area (Å²) in [5.74, 6) is 1.30. The Morgan fingerprint density at radius 2 is 1.92 bits per heavy atom. The first kappa shape index (κ1) is 21.1. The molecule has 0 spiro atoms. The molecule has 2 atom stereocenters. The standard InChI is InChI=1S/C21H34N2O2S/c1-7-12-25-19-14-16(3)15(2)13-18(19)20(17-8-10-22-11-9-17)23-26(24)21(4,5)6/h7,13-14,17,20,22-23H,1,8-12H2,2-6H3. The lowest BCUT2D eigenvalue weighted by Crippen LogP contribution is -2.41. The number of hydrogen-bond acceptors (Lipinski definition) is 3. The van der Waals surface area contributed by atoms with Crippen molar-refractivity contribution >= 4 is 11.0 Å². The second-order valence-electron chi connectivity index (χ2n) is 8.14. The average molecular weight is 379 g/mol. The predicted molar refractivity (Wildman–Crippen MR) is 111 cm³/mol. The first-order valence-electron chi connectivity index (χ1n) is 9.47. The third-order valence-electron chi connectivity index (χ3n) is 4.96. The van der Waals surface area contributed by atoms with Gasteiger partial charge in [0.05, 0.1) is 21.8 Å². The zero-order chi connectivity index (χ0) is 19.3. The smallest absolute Gasteiger partial charge is 0.124 e. The molecule has 2 N–H and O–H groups in total. The van der Waals surface area contributed by atoms with E-state index in [-0.39, 0.29) is 10.8 Å². The maximum Gasteiger partial charge on any atom is 0.124 e. The van der Waals surface area contributed by atoms with Crippen molar-refractivity contribution in [3.8, 4) is 5.75 Å². The molecule has 0 radical (unpaired) electrons. The van der Waals surface area contributed by atoms with Crippen molar-refractivity contribution in [2.24, 2.45) is 5.92 Å². The van der Waals surface area contributed by atoms with Crippen LogP contribution >= 0.6 is 0 Å². The molecule has 1 saturated heterocycles. The Balaban J connectivity index is 2.44. The van der Waals surface area contributed by atoms with E-state index in [0.29, 0.717) is 12.5 Å². The van der Waals surface area contributed by atoms with Crippen LogP contribution in [-0.2, 0) is 11.0 Å². The monoisotopic (exact) mass is 378 g/mol. The Labute approximate surface area is 161 Å². The number of ether oxygens (including phenoxy) is 1. The molecular weight excluding hydrogens is 344 g/mol. The molecule has 146 valence electrons. The third kappa shape index (κ3) is 5.41.